The molecule has 1 saturated heterocycles. The molecule has 0 aromatic heterocycles. The smallest absolute Gasteiger partial charge is 0.0914 e. The van der Waals surface area contributed by atoms with Crippen molar-refractivity contribution in [2.45, 2.75) is 26.7 Å². The fourth-order valence-corrected chi connectivity index (χ4v) is 1.91. The Morgan fingerprint density at radius 3 is 2.14 bits per heavy atom. The van der Waals surface area contributed by atoms with Crippen molar-refractivity contribution in [3.05, 3.63) is 0 Å². The Bertz CT molecular complexity index is 142. The van der Waals surface area contributed by atoms with Gasteiger partial charge >= 0.3 is 0 Å². The van der Waals surface area contributed by atoms with Gasteiger partial charge in [0.05, 0.1) is 26.7 Å². The largest absolute Gasteiger partial charge is 1.00 e. The van der Waals surface area contributed by atoms with Crippen LogP contribution in [-0.4, -0.2) is 55.7 Å². The van der Waals surface area contributed by atoms with Crippen LogP contribution in [0.25, 0.3) is 0 Å². The third-order valence-corrected chi connectivity index (χ3v) is 3.50. The van der Waals surface area contributed by atoms with Crippen molar-refractivity contribution in [1.82, 2.24) is 4.90 Å². The average molecular weight is 221 g/mol. The van der Waals surface area contributed by atoms with E-state index in [1.165, 1.54) is 56.6 Å². The van der Waals surface area contributed by atoms with Crippen LogP contribution in [0.4, 0.5) is 0 Å². The summed E-state index contributed by atoms with van der Waals surface area (Å²) in [6, 6.07) is 0. The van der Waals surface area contributed by atoms with E-state index in [9.17, 15) is 0 Å². The normalized spacial score (nSPS) is 21.6. The summed E-state index contributed by atoms with van der Waals surface area (Å²) >= 11 is 0. The maximum atomic E-state index is 2.62. The highest BCUT2D eigenvalue weighted by Gasteiger charge is 2.25. The lowest BCUT2D eigenvalue weighted by Gasteiger charge is -2.41. The number of unbranched alkanes of at least 4 members (excludes halogenated alkanes) is 1. The molecule has 0 N–H and O–H groups in total. The number of rotatable bonds is 4. The van der Waals surface area contributed by atoms with Crippen LogP contribution >= 0.6 is 0 Å². The van der Waals surface area contributed by atoms with Crippen molar-refractivity contribution in [3.63, 3.8) is 0 Å². The van der Waals surface area contributed by atoms with Gasteiger partial charge in [0.25, 0.3) is 0 Å². The zero-order valence-electron chi connectivity index (χ0n) is 9.93. The summed E-state index contributed by atoms with van der Waals surface area (Å²) in [7, 11) is 2.39. The standard InChI is InChI=1S/C11H25N2.ClH/c1-4-6-7-12-8-10-13(3,5-2)11-9-12;/h4-11H2,1-3H3;1H/q+1;/p-1. The van der Waals surface area contributed by atoms with E-state index in [2.05, 4.69) is 25.8 Å². The van der Waals surface area contributed by atoms with Crippen molar-refractivity contribution in [1.29, 1.82) is 0 Å². The van der Waals surface area contributed by atoms with E-state index in [0.29, 0.717) is 0 Å². The Kier molecular flexibility index (Phi) is 6.75. The van der Waals surface area contributed by atoms with Gasteiger partial charge in [-0.3, -0.25) is 4.90 Å². The number of nitrogens with zero attached hydrogens (tertiary/aromatic N) is 2. The van der Waals surface area contributed by atoms with Crippen molar-refractivity contribution >= 4 is 0 Å². The van der Waals surface area contributed by atoms with Gasteiger partial charge in [0.1, 0.15) is 0 Å². The zero-order chi connectivity index (χ0) is 9.73. The molecular formula is C11H25ClN2. The van der Waals surface area contributed by atoms with Gasteiger partial charge in [0.15, 0.2) is 0 Å². The minimum Gasteiger partial charge on any atom is -1.00 e. The number of piperazine rings is 1. The quantitative estimate of drug-likeness (QED) is 0.526. The van der Waals surface area contributed by atoms with Gasteiger partial charge in [-0.1, -0.05) is 13.3 Å². The molecular weight excluding hydrogens is 196 g/mol. The third-order valence-electron chi connectivity index (χ3n) is 3.50. The summed E-state index contributed by atoms with van der Waals surface area (Å²) in [5, 5.41) is 0. The maximum Gasteiger partial charge on any atom is 0.0914 e. The second kappa shape index (κ2) is 6.65. The molecule has 86 valence electrons. The Labute approximate surface area is 95.3 Å². The van der Waals surface area contributed by atoms with Crippen LogP contribution in [-0.2, 0) is 0 Å². The van der Waals surface area contributed by atoms with Gasteiger partial charge in [-0.2, -0.15) is 0 Å². The minimum absolute atomic E-state index is 0. The average Bonchev–Trinajstić information content (AvgIpc) is 2.17. The van der Waals surface area contributed by atoms with E-state index in [1.54, 1.807) is 0 Å². The Balaban J connectivity index is 0.00000169. The molecule has 0 aromatic carbocycles. The Morgan fingerprint density at radius 1 is 1.14 bits per heavy atom. The number of likely N-dealkylation sites (N-methyl/N-ethyl adjacent to an activating group) is 1. The van der Waals surface area contributed by atoms with Crippen LogP contribution in [0.2, 0.25) is 0 Å². The maximum absolute atomic E-state index is 2.62. The second-order valence-electron chi connectivity index (χ2n) is 4.58. The molecule has 0 aromatic rings. The second-order valence-corrected chi connectivity index (χ2v) is 4.58. The van der Waals surface area contributed by atoms with E-state index in [4.69, 9.17) is 0 Å². The molecule has 0 aliphatic carbocycles. The fraction of sp³-hybridized carbons (Fsp3) is 1.00. The van der Waals surface area contributed by atoms with E-state index >= 15 is 0 Å². The summed E-state index contributed by atoms with van der Waals surface area (Å²) < 4.78 is 1.28. The Hall–Kier alpha value is 0.210. The molecule has 0 radical (unpaired) electrons. The molecule has 0 spiro atoms. The highest BCUT2D eigenvalue weighted by molar-refractivity contribution is 4.62. The molecule has 3 heteroatoms. The molecule has 0 atom stereocenters. The first kappa shape index (κ1) is 14.2. The molecule has 1 fully saturated rings. The van der Waals surface area contributed by atoms with Gasteiger partial charge in [0.2, 0.25) is 0 Å². The molecule has 1 aliphatic rings. The van der Waals surface area contributed by atoms with Crippen molar-refractivity contribution in [3.8, 4) is 0 Å². The lowest BCUT2D eigenvalue weighted by atomic mass is 10.2. The van der Waals surface area contributed by atoms with E-state index < -0.39 is 0 Å². The summed E-state index contributed by atoms with van der Waals surface area (Å²) in [5.74, 6) is 0. The lowest BCUT2D eigenvalue weighted by Crippen LogP contribution is -3.00. The van der Waals surface area contributed by atoms with Gasteiger partial charge in [-0.15, -0.1) is 0 Å². The first-order chi connectivity index (χ1) is 6.20. The van der Waals surface area contributed by atoms with E-state index in [1.807, 2.05) is 0 Å². The predicted molar refractivity (Wildman–Crippen MR) is 57.8 cm³/mol. The van der Waals surface area contributed by atoms with Crippen LogP contribution in [0.3, 0.4) is 0 Å². The molecule has 0 amide bonds. The van der Waals surface area contributed by atoms with Gasteiger partial charge < -0.3 is 16.9 Å². The number of quaternary nitrogens is 1. The molecule has 14 heavy (non-hydrogen) atoms. The van der Waals surface area contributed by atoms with Crippen molar-refractivity contribution in [2.24, 2.45) is 0 Å². The number of halogens is 1. The molecule has 1 rings (SSSR count). The van der Waals surface area contributed by atoms with Crippen LogP contribution in [0.1, 0.15) is 26.7 Å². The molecule has 1 heterocycles. The predicted octanol–water partition coefficient (Wildman–Crippen LogP) is -1.43. The molecule has 0 saturated carbocycles. The van der Waals surface area contributed by atoms with Gasteiger partial charge in [0, 0.05) is 13.1 Å². The fourth-order valence-electron chi connectivity index (χ4n) is 1.91. The third kappa shape index (κ3) is 4.16. The SMILES string of the molecule is CCCCN1CC[N+](C)(CC)CC1.[Cl-]. The zero-order valence-corrected chi connectivity index (χ0v) is 10.7. The molecule has 2 nitrogen and oxygen atoms in total. The van der Waals surface area contributed by atoms with Crippen LogP contribution in [0.15, 0.2) is 0 Å². The summed E-state index contributed by atoms with van der Waals surface area (Å²) in [6.07, 6.45) is 2.70. The molecule has 1 aliphatic heterocycles. The highest BCUT2D eigenvalue weighted by atomic mass is 35.5. The van der Waals surface area contributed by atoms with E-state index in [-0.39, 0.29) is 12.4 Å². The van der Waals surface area contributed by atoms with Gasteiger partial charge in [-0.25, -0.2) is 0 Å². The lowest BCUT2D eigenvalue weighted by molar-refractivity contribution is -0.911. The molecule has 0 unspecified atom stereocenters. The first-order valence-electron chi connectivity index (χ1n) is 5.76. The minimum atomic E-state index is 0. The highest BCUT2D eigenvalue weighted by Crippen LogP contribution is 2.09. The van der Waals surface area contributed by atoms with Crippen LogP contribution in [0.5, 0.6) is 0 Å². The van der Waals surface area contributed by atoms with Gasteiger partial charge in [-0.05, 0) is 19.9 Å². The number of hydrogen-bond donors (Lipinski definition) is 0. The topological polar surface area (TPSA) is 3.24 Å². The summed E-state index contributed by atoms with van der Waals surface area (Å²) in [4.78, 5) is 2.62. The monoisotopic (exact) mass is 220 g/mol. The van der Waals surface area contributed by atoms with Crippen molar-refractivity contribution in [2.75, 3.05) is 46.3 Å². The van der Waals surface area contributed by atoms with Crippen molar-refractivity contribution < 1.29 is 16.9 Å². The summed E-state index contributed by atoms with van der Waals surface area (Å²) in [6.45, 7) is 12.5. The number of hydrogen-bond acceptors (Lipinski definition) is 1. The first-order valence-corrected chi connectivity index (χ1v) is 5.76. The van der Waals surface area contributed by atoms with Crippen LogP contribution in [0, 0.1) is 0 Å². The van der Waals surface area contributed by atoms with Crippen LogP contribution < -0.4 is 12.4 Å². The molecule has 0 bridgehead atoms. The van der Waals surface area contributed by atoms with E-state index in [0.717, 1.165) is 0 Å². The Morgan fingerprint density at radius 2 is 1.71 bits per heavy atom. The summed E-state index contributed by atoms with van der Waals surface area (Å²) in [5.41, 5.74) is 0.